The van der Waals surface area contributed by atoms with Gasteiger partial charge in [0.2, 0.25) is 0 Å². The number of hydrogen-bond acceptors (Lipinski definition) is 6. The maximum atomic E-state index is 10.9. The molecule has 1 aromatic rings. The van der Waals surface area contributed by atoms with Crippen molar-refractivity contribution >= 4 is 17.3 Å². The monoisotopic (exact) mass is 280 g/mol. The van der Waals surface area contributed by atoms with Gasteiger partial charge in [0, 0.05) is 19.0 Å². The van der Waals surface area contributed by atoms with Crippen LogP contribution in [-0.2, 0) is 0 Å². The lowest BCUT2D eigenvalue weighted by Gasteiger charge is -2.15. The van der Waals surface area contributed by atoms with Crippen LogP contribution >= 0.6 is 0 Å². The van der Waals surface area contributed by atoms with Crippen molar-refractivity contribution in [2.24, 2.45) is 5.92 Å². The molecule has 1 heterocycles. The van der Waals surface area contributed by atoms with Gasteiger partial charge in [0.25, 0.3) is 5.69 Å². The van der Waals surface area contributed by atoms with Gasteiger partial charge in [-0.05, 0) is 19.8 Å². The van der Waals surface area contributed by atoms with Crippen LogP contribution in [0.25, 0.3) is 0 Å². The summed E-state index contributed by atoms with van der Waals surface area (Å²) >= 11 is 0. The third-order valence-corrected chi connectivity index (χ3v) is 3.54. The van der Waals surface area contributed by atoms with Gasteiger partial charge >= 0.3 is 0 Å². The van der Waals surface area contributed by atoms with E-state index >= 15 is 0 Å². The number of nitrogens with zero attached hydrogens (tertiary/aromatic N) is 2. The summed E-state index contributed by atoms with van der Waals surface area (Å²) < 4.78 is 0. The van der Waals surface area contributed by atoms with Gasteiger partial charge in [-0.1, -0.05) is 6.42 Å². The molecule has 2 unspecified atom stereocenters. The van der Waals surface area contributed by atoms with Crippen molar-refractivity contribution in [3.8, 4) is 0 Å². The van der Waals surface area contributed by atoms with E-state index in [4.69, 9.17) is 0 Å². The fourth-order valence-corrected chi connectivity index (χ4v) is 2.47. The number of aliphatic hydroxyl groups is 1. The second kappa shape index (κ2) is 6.51. The molecule has 0 amide bonds. The van der Waals surface area contributed by atoms with Crippen LogP contribution in [0.2, 0.25) is 0 Å². The molecule has 1 aromatic heterocycles. The van der Waals surface area contributed by atoms with Crippen LogP contribution in [0.1, 0.15) is 26.2 Å². The molecule has 20 heavy (non-hydrogen) atoms. The Balaban J connectivity index is 2.07. The van der Waals surface area contributed by atoms with Crippen LogP contribution in [0.3, 0.4) is 0 Å². The molecule has 0 aliphatic heterocycles. The maximum absolute atomic E-state index is 10.9. The lowest BCUT2D eigenvalue weighted by molar-refractivity contribution is -0.384. The van der Waals surface area contributed by atoms with Gasteiger partial charge < -0.3 is 15.7 Å². The summed E-state index contributed by atoms with van der Waals surface area (Å²) in [5.74, 6) is 1.14. The van der Waals surface area contributed by atoms with Gasteiger partial charge in [0.05, 0.1) is 23.2 Å². The smallest absolute Gasteiger partial charge is 0.276 e. The van der Waals surface area contributed by atoms with E-state index in [2.05, 4.69) is 15.6 Å². The van der Waals surface area contributed by atoms with Crippen molar-refractivity contribution in [2.75, 3.05) is 23.7 Å². The largest absolute Gasteiger partial charge is 0.393 e. The highest BCUT2D eigenvalue weighted by atomic mass is 16.6. The summed E-state index contributed by atoms with van der Waals surface area (Å²) in [5, 5.41) is 26.7. The summed E-state index contributed by atoms with van der Waals surface area (Å²) in [5.41, 5.74) is 0.00502. The Bertz CT molecular complexity index is 481. The Morgan fingerprint density at radius 1 is 1.40 bits per heavy atom. The highest BCUT2D eigenvalue weighted by Crippen LogP contribution is 2.26. The molecule has 0 radical (unpaired) electrons. The molecule has 1 fully saturated rings. The molecular weight excluding hydrogens is 260 g/mol. The normalized spacial score (nSPS) is 21.7. The van der Waals surface area contributed by atoms with Gasteiger partial charge in [0.1, 0.15) is 11.6 Å². The summed E-state index contributed by atoms with van der Waals surface area (Å²) in [6.45, 7) is 3.14. The zero-order valence-electron chi connectivity index (χ0n) is 11.5. The second-order valence-electron chi connectivity index (χ2n) is 5.02. The molecule has 1 saturated carbocycles. The Morgan fingerprint density at radius 3 is 2.65 bits per heavy atom. The molecule has 0 saturated heterocycles. The number of anilines is 2. The quantitative estimate of drug-likeness (QED) is 0.544. The lowest BCUT2D eigenvalue weighted by atomic mass is 10.1. The van der Waals surface area contributed by atoms with E-state index in [1.54, 1.807) is 0 Å². The van der Waals surface area contributed by atoms with E-state index in [1.807, 2.05) is 6.92 Å². The molecule has 3 N–H and O–H groups in total. The molecule has 1 aliphatic rings. The fourth-order valence-electron chi connectivity index (χ4n) is 2.47. The number of aliphatic hydroxyl groups excluding tert-OH is 1. The van der Waals surface area contributed by atoms with Gasteiger partial charge in [-0.3, -0.25) is 10.1 Å². The number of hydrogen-bond donors (Lipinski definition) is 3. The standard InChI is InChI=1S/C13H20N4O3/c1-2-14-12-6-10(17(19)20)7-13(16-12)15-8-9-4-3-5-11(9)18/h6-7,9,11,18H,2-5,8H2,1H3,(H2,14,15,16). The molecular formula is C13H20N4O3. The van der Waals surface area contributed by atoms with E-state index in [1.165, 1.54) is 12.1 Å². The maximum Gasteiger partial charge on any atom is 0.276 e. The van der Waals surface area contributed by atoms with Crippen molar-refractivity contribution in [3.63, 3.8) is 0 Å². The highest BCUT2D eigenvalue weighted by molar-refractivity contribution is 5.54. The number of nitro groups is 1. The molecule has 2 atom stereocenters. The second-order valence-corrected chi connectivity index (χ2v) is 5.02. The van der Waals surface area contributed by atoms with E-state index < -0.39 is 4.92 Å². The molecule has 0 aromatic carbocycles. The number of rotatable bonds is 6. The first-order valence-corrected chi connectivity index (χ1v) is 6.92. The van der Waals surface area contributed by atoms with Gasteiger partial charge in [-0.15, -0.1) is 0 Å². The van der Waals surface area contributed by atoms with Crippen LogP contribution in [0.4, 0.5) is 17.3 Å². The van der Waals surface area contributed by atoms with E-state index in [0.29, 0.717) is 24.7 Å². The fraction of sp³-hybridized carbons (Fsp3) is 0.615. The van der Waals surface area contributed by atoms with Crippen LogP contribution in [0, 0.1) is 16.0 Å². The van der Waals surface area contributed by atoms with Crippen molar-refractivity contribution in [1.82, 2.24) is 4.98 Å². The average Bonchev–Trinajstić information content (AvgIpc) is 2.82. The predicted octanol–water partition coefficient (Wildman–Crippen LogP) is 1.99. The SMILES string of the molecule is CCNc1cc([N+](=O)[O-])cc(NCC2CCCC2O)n1. The molecule has 0 bridgehead atoms. The molecule has 7 nitrogen and oxygen atoms in total. The van der Waals surface area contributed by atoms with E-state index in [0.717, 1.165) is 19.3 Å². The Morgan fingerprint density at radius 2 is 2.10 bits per heavy atom. The van der Waals surface area contributed by atoms with Crippen LogP contribution in [0.5, 0.6) is 0 Å². The summed E-state index contributed by atoms with van der Waals surface area (Å²) in [6, 6.07) is 2.83. The number of nitrogens with one attached hydrogen (secondary N) is 2. The lowest BCUT2D eigenvalue weighted by Crippen LogP contribution is -2.22. The van der Waals surface area contributed by atoms with E-state index in [9.17, 15) is 15.2 Å². The summed E-state index contributed by atoms with van der Waals surface area (Å²) in [7, 11) is 0. The van der Waals surface area contributed by atoms with Gasteiger partial charge in [0.15, 0.2) is 0 Å². The summed E-state index contributed by atoms with van der Waals surface area (Å²) in [4.78, 5) is 14.8. The Hall–Kier alpha value is -1.89. The first-order chi connectivity index (χ1) is 9.60. The van der Waals surface area contributed by atoms with Crippen LogP contribution < -0.4 is 10.6 Å². The third kappa shape index (κ3) is 3.57. The molecule has 110 valence electrons. The van der Waals surface area contributed by atoms with Crippen LogP contribution in [0.15, 0.2) is 12.1 Å². The zero-order chi connectivity index (χ0) is 14.5. The zero-order valence-corrected chi connectivity index (χ0v) is 11.5. The van der Waals surface area contributed by atoms with Gasteiger partial charge in [-0.25, -0.2) is 4.98 Å². The first kappa shape index (κ1) is 14.5. The Labute approximate surface area is 117 Å². The molecule has 0 spiro atoms. The average molecular weight is 280 g/mol. The molecule has 2 rings (SSSR count). The minimum Gasteiger partial charge on any atom is -0.393 e. The minimum absolute atomic E-state index is 0.00502. The van der Waals surface area contributed by atoms with Crippen molar-refractivity contribution < 1.29 is 10.0 Å². The number of aromatic nitrogens is 1. The van der Waals surface area contributed by atoms with Gasteiger partial charge in [-0.2, -0.15) is 0 Å². The highest BCUT2D eigenvalue weighted by Gasteiger charge is 2.25. The Kier molecular flexibility index (Phi) is 4.73. The van der Waals surface area contributed by atoms with E-state index in [-0.39, 0.29) is 17.7 Å². The van der Waals surface area contributed by atoms with Crippen molar-refractivity contribution in [2.45, 2.75) is 32.3 Å². The number of pyridine rings is 1. The van der Waals surface area contributed by atoms with Crippen molar-refractivity contribution in [3.05, 3.63) is 22.2 Å². The third-order valence-electron chi connectivity index (χ3n) is 3.54. The first-order valence-electron chi connectivity index (χ1n) is 6.92. The molecule has 1 aliphatic carbocycles. The van der Waals surface area contributed by atoms with Crippen LogP contribution in [-0.4, -0.2) is 34.2 Å². The minimum atomic E-state index is -0.432. The van der Waals surface area contributed by atoms with Crippen molar-refractivity contribution in [1.29, 1.82) is 0 Å². The molecule has 7 heteroatoms. The summed E-state index contributed by atoms with van der Waals surface area (Å²) in [6.07, 6.45) is 2.55. The topological polar surface area (TPSA) is 100 Å². The predicted molar refractivity (Wildman–Crippen MR) is 76.9 cm³/mol.